The number of aromatic hydroxyl groups is 1. The van der Waals surface area contributed by atoms with Crippen molar-refractivity contribution < 1.29 is 19.2 Å². The van der Waals surface area contributed by atoms with Gasteiger partial charge in [-0.1, -0.05) is 18.1 Å². The van der Waals surface area contributed by atoms with E-state index in [1.807, 2.05) is 13.0 Å². The first kappa shape index (κ1) is 15.5. The molecular formula is C16H19N3O4. The molecule has 3 rings (SSSR count). The molecule has 0 unspecified atom stereocenters. The first-order valence-electron chi connectivity index (χ1n) is 7.61. The lowest BCUT2D eigenvalue weighted by Gasteiger charge is -2.33. The lowest BCUT2D eigenvalue weighted by molar-refractivity contribution is -0.0120. The van der Waals surface area contributed by atoms with Crippen LogP contribution in [0.15, 0.2) is 22.7 Å². The predicted octanol–water partition coefficient (Wildman–Crippen LogP) is 1.86. The van der Waals surface area contributed by atoms with Gasteiger partial charge in [0.15, 0.2) is 5.82 Å². The molecule has 0 radical (unpaired) electrons. The Morgan fingerprint density at radius 2 is 2.30 bits per heavy atom. The van der Waals surface area contributed by atoms with Gasteiger partial charge < -0.3 is 19.3 Å². The van der Waals surface area contributed by atoms with Crippen LogP contribution >= 0.6 is 0 Å². The minimum absolute atomic E-state index is 0.0127. The van der Waals surface area contributed by atoms with E-state index in [2.05, 4.69) is 10.1 Å². The molecule has 23 heavy (non-hydrogen) atoms. The first-order valence-corrected chi connectivity index (χ1v) is 7.61. The normalized spacial score (nSPS) is 18.2. The summed E-state index contributed by atoms with van der Waals surface area (Å²) in [5.74, 6) is 0.573. The Morgan fingerprint density at radius 3 is 2.96 bits per heavy atom. The minimum Gasteiger partial charge on any atom is -0.507 e. The number of amides is 1. The molecule has 0 spiro atoms. The Bertz CT molecular complexity index is 713. The van der Waals surface area contributed by atoms with Crippen LogP contribution in [0.5, 0.6) is 5.75 Å². The Morgan fingerprint density at radius 1 is 1.48 bits per heavy atom. The monoisotopic (exact) mass is 317 g/mol. The number of hydrogen-bond donors (Lipinski definition) is 1. The zero-order valence-corrected chi connectivity index (χ0v) is 13.2. The van der Waals surface area contributed by atoms with Crippen molar-refractivity contribution in [1.82, 2.24) is 15.0 Å². The second-order valence-electron chi connectivity index (χ2n) is 5.47. The van der Waals surface area contributed by atoms with Gasteiger partial charge in [-0.15, -0.1) is 0 Å². The highest BCUT2D eigenvalue weighted by Crippen LogP contribution is 2.28. The van der Waals surface area contributed by atoms with Gasteiger partial charge >= 0.3 is 0 Å². The van der Waals surface area contributed by atoms with Gasteiger partial charge in [-0.2, -0.15) is 4.98 Å². The maximum Gasteiger partial charge on any atom is 0.258 e. The molecule has 1 aliphatic heterocycles. The number of rotatable bonds is 3. The summed E-state index contributed by atoms with van der Waals surface area (Å²) in [7, 11) is 0. The van der Waals surface area contributed by atoms with E-state index in [4.69, 9.17) is 9.26 Å². The summed E-state index contributed by atoms with van der Waals surface area (Å²) in [5.41, 5.74) is 1.25. The molecule has 1 N–H and O–H groups in total. The average Bonchev–Trinajstić information content (AvgIpc) is 3.00. The molecule has 1 fully saturated rings. The third-order valence-corrected chi connectivity index (χ3v) is 3.92. The van der Waals surface area contributed by atoms with Crippen molar-refractivity contribution in [2.75, 3.05) is 19.8 Å². The lowest BCUT2D eigenvalue weighted by atomic mass is 10.1. The summed E-state index contributed by atoms with van der Waals surface area (Å²) in [4.78, 5) is 18.6. The number of carbonyl (C=O) groups excluding carboxylic acids is 1. The summed E-state index contributed by atoms with van der Waals surface area (Å²) >= 11 is 0. The largest absolute Gasteiger partial charge is 0.507 e. The van der Waals surface area contributed by atoms with Gasteiger partial charge in [-0.3, -0.25) is 4.79 Å². The predicted molar refractivity (Wildman–Crippen MR) is 81.1 cm³/mol. The van der Waals surface area contributed by atoms with E-state index < -0.39 is 6.04 Å². The fourth-order valence-electron chi connectivity index (χ4n) is 2.63. The van der Waals surface area contributed by atoms with Crippen LogP contribution in [0, 0.1) is 6.92 Å². The molecule has 2 aromatic rings. The molecule has 0 bridgehead atoms. The van der Waals surface area contributed by atoms with Crippen molar-refractivity contribution in [1.29, 1.82) is 0 Å². The number of aryl methyl sites for hydroxylation is 2. The summed E-state index contributed by atoms with van der Waals surface area (Å²) < 4.78 is 10.6. The maximum absolute atomic E-state index is 12.8. The number of nitrogens with zero attached hydrogens (tertiary/aromatic N) is 3. The Labute approximate surface area is 133 Å². The summed E-state index contributed by atoms with van der Waals surface area (Å²) in [6.45, 7) is 4.84. The number of hydrogen-bond acceptors (Lipinski definition) is 6. The van der Waals surface area contributed by atoms with Crippen LogP contribution in [0.2, 0.25) is 0 Å². The van der Waals surface area contributed by atoms with Crippen LogP contribution in [-0.2, 0) is 11.2 Å². The molecule has 1 aromatic carbocycles. The Kier molecular flexibility index (Phi) is 4.29. The topological polar surface area (TPSA) is 88.7 Å². The smallest absolute Gasteiger partial charge is 0.258 e. The quantitative estimate of drug-likeness (QED) is 0.929. The molecule has 1 aromatic heterocycles. The molecular weight excluding hydrogens is 298 g/mol. The number of phenolic OH excluding ortho intramolecular Hbond substituents is 1. The number of benzene rings is 1. The van der Waals surface area contributed by atoms with Gasteiger partial charge in [-0.25, -0.2) is 0 Å². The van der Waals surface area contributed by atoms with Crippen molar-refractivity contribution in [3.05, 3.63) is 41.0 Å². The van der Waals surface area contributed by atoms with Crippen LogP contribution in [0.3, 0.4) is 0 Å². The van der Waals surface area contributed by atoms with Crippen molar-refractivity contribution in [3.63, 3.8) is 0 Å². The van der Waals surface area contributed by atoms with E-state index in [0.717, 1.165) is 12.0 Å². The van der Waals surface area contributed by atoms with E-state index in [1.54, 1.807) is 24.0 Å². The highest BCUT2D eigenvalue weighted by molar-refractivity contribution is 5.97. The zero-order chi connectivity index (χ0) is 16.4. The third-order valence-electron chi connectivity index (χ3n) is 3.92. The third kappa shape index (κ3) is 3.05. The second kappa shape index (κ2) is 6.37. The second-order valence-corrected chi connectivity index (χ2v) is 5.47. The summed E-state index contributed by atoms with van der Waals surface area (Å²) in [6, 6.07) is 4.68. The van der Waals surface area contributed by atoms with Crippen LogP contribution in [0.1, 0.15) is 40.6 Å². The number of ether oxygens (including phenoxy) is 1. The van der Waals surface area contributed by atoms with Crippen LogP contribution in [-0.4, -0.2) is 45.8 Å². The van der Waals surface area contributed by atoms with Crippen molar-refractivity contribution in [2.45, 2.75) is 26.3 Å². The maximum atomic E-state index is 12.8. The average molecular weight is 317 g/mol. The molecule has 0 saturated carbocycles. The molecule has 7 nitrogen and oxygen atoms in total. The fourth-order valence-corrected chi connectivity index (χ4v) is 2.63. The van der Waals surface area contributed by atoms with Crippen LogP contribution in [0.4, 0.5) is 0 Å². The van der Waals surface area contributed by atoms with E-state index in [0.29, 0.717) is 31.5 Å². The zero-order valence-electron chi connectivity index (χ0n) is 13.2. The molecule has 122 valence electrons. The number of phenols is 1. The molecule has 7 heteroatoms. The summed E-state index contributed by atoms with van der Waals surface area (Å²) in [5, 5.41) is 13.9. The minimum atomic E-state index is -0.442. The highest BCUT2D eigenvalue weighted by atomic mass is 16.5. The van der Waals surface area contributed by atoms with E-state index in [-0.39, 0.29) is 17.2 Å². The standard InChI is InChI=1S/C16H19N3O4/c1-3-11-4-5-12(14(20)8-11)16(21)19-6-7-22-9-13(19)15-17-10(2)18-23-15/h4-5,8,13,20H,3,6-7,9H2,1-2H3/t13-/m1/s1. The van der Waals surface area contributed by atoms with Gasteiger partial charge in [-0.05, 0) is 31.0 Å². The molecule has 0 aliphatic carbocycles. The van der Waals surface area contributed by atoms with Crippen molar-refractivity contribution >= 4 is 5.91 Å². The lowest BCUT2D eigenvalue weighted by Crippen LogP contribution is -2.43. The SMILES string of the molecule is CCc1ccc(C(=O)N2CCOC[C@@H]2c2nc(C)no2)c(O)c1. The Balaban J connectivity index is 1.89. The molecule has 1 atom stereocenters. The molecule has 1 saturated heterocycles. The number of morpholine rings is 1. The molecule has 2 heterocycles. The van der Waals surface area contributed by atoms with E-state index >= 15 is 0 Å². The van der Waals surface area contributed by atoms with E-state index in [9.17, 15) is 9.90 Å². The highest BCUT2D eigenvalue weighted by Gasteiger charge is 2.34. The molecule has 1 aliphatic rings. The van der Waals surface area contributed by atoms with E-state index in [1.165, 1.54) is 0 Å². The van der Waals surface area contributed by atoms with Gasteiger partial charge in [0.05, 0.1) is 18.8 Å². The van der Waals surface area contributed by atoms with Crippen molar-refractivity contribution in [2.24, 2.45) is 0 Å². The fraction of sp³-hybridized carbons (Fsp3) is 0.438. The first-order chi connectivity index (χ1) is 11.1. The van der Waals surface area contributed by atoms with Crippen LogP contribution in [0.25, 0.3) is 0 Å². The van der Waals surface area contributed by atoms with Crippen molar-refractivity contribution in [3.8, 4) is 5.75 Å². The van der Waals surface area contributed by atoms with Crippen LogP contribution < -0.4 is 0 Å². The number of carbonyl (C=O) groups is 1. The Hall–Kier alpha value is -2.41. The van der Waals surface area contributed by atoms with Gasteiger partial charge in [0.2, 0.25) is 0 Å². The van der Waals surface area contributed by atoms with Gasteiger partial charge in [0.1, 0.15) is 11.8 Å². The molecule has 1 amide bonds. The summed E-state index contributed by atoms with van der Waals surface area (Å²) in [6.07, 6.45) is 0.795. The number of aromatic nitrogens is 2. The van der Waals surface area contributed by atoms with Gasteiger partial charge in [0.25, 0.3) is 11.8 Å². The van der Waals surface area contributed by atoms with Gasteiger partial charge in [0, 0.05) is 6.54 Å².